The molecule has 0 saturated heterocycles. The first-order valence-corrected chi connectivity index (χ1v) is 4.13. The molecule has 0 fully saturated rings. The Morgan fingerprint density at radius 2 is 2.00 bits per heavy atom. The summed E-state index contributed by atoms with van der Waals surface area (Å²) in [6, 6.07) is 0. The topological polar surface area (TPSA) is 35.0 Å². The van der Waals surface area contributed by atoms with Crippen molar-refractivity contribution in [2.24, 2.45) is 0 Å². The van der Waals surface area contributed by atoms with Gasteiger partial charge in [-0.15, -0.1) is 0 Å². The van der Waals surface area contributed by atoms with E-state index in [2.05, 4.69) is 23.8 Å². The monoisotopic (exact) mass is 166 g/mol. The number of aromatic nitrogens is 2. The van der Waals surface area contributed by atoms with Crippen LogP contribution in [0.4, 0.5) is 0 Å². The van der Waals surface area contributed by atoms with Crippen LogP contribution in [-0.2, 0) is 0 Å². The second kappa shape index (κ2) is 4.04. The summed E-state index contributed by atoms with van der Waals surface area (Å²) in [5, 5.41) is 0. The van der Waals surface area contributed by atoms with Gasteiger partial charge >= 0.3 is 0 Å². The van der Waals surface area contributed by atoms with Gasteiger partial charge in [0, 0.05) is 5.92 Å². The Labute approximate surface area is 72.8 Å². The molecule has 1 heterocycles. The van der Waals surface area contributed by atoms with Crippen molar-refractivity contribution in [3.05, 3.63) is 18.2 Å². The van der Waals surface area contributed by atoms with Crippen LogP contribution in [0.3, 0.4) is 0 Å². The smallest absolute Gasteiger partial charge is 0.155 e. The van der Waals surface area contributed by atoms with Gasteiger partial charge < -0.3 is 4.74 Å². The van der Waals surface area contributed by atoms with E-state index in [0.717, 1.165) is 12.2 Å². The minimum absolute atomic E-state index is 0.427. The summed E-state index contributed by atoms with van der Waals surface area (Å²) in [4.78, 5) is 8.37. The number of hydrogen-bond acceptors (Lipinski definition) is 3. The molecule has 0 saturated carbocycles. The molecule has 1 rings (SSSR count). The molecule has 0 spiro atoms. The number of hydrogen-bond donors (Lipinski definition) is 0. The Bertz CT molecular complexity index is 233. The van der Waals surface area contributed by atoms with E-state index in [9.17, 15) is 0 Å². The minimum Gasteiger partial charge on any atom is -0.494 e. The van der Waals surface area contributed by atoms with Crippen LogP contribution in [0.15, 0.2) is 12.4 Å². The molecule has 0 unspecified atom stereocenters. The van der Waals surface area contributed by atoms with Gasteiger partial charge in [-0.1, -0.05) is 13.8 Å². The van der Waals surface area contributed by atoms with E-state index in [-0.39, 0.29) is 0 Å². The zero-order chi connectivity index (χ0) is 8.97. The fraction of sp³-hybridized carbons (Fsp3) is 0.556. The average Bonchev–Trinajstić information content (AvgIpc) is 2.17. The van der Waals surface area contributed by atoms with Gasteiger partial charge in [-0.2, -0.15) is 0 Å². The molecule has 0 aliphatic rings. The summed E-state index contributed by atoms with van der Waals surface area (Å²) < 4.78 is 4.96. The highest BCUT2D eigenvalue weighted by molar-refractivity contribution is 5.12. The van der Waals surface area contributed by atoms with E-state index in [1.54, 1.807) is 19.5 Å². The van der Waals surface area contributed by atoms with Crippen molar-refractivity contribution < 1.29 is 4.74 Å². The Morgan fingerprint density at radius 3 is 2.42 bits per heavy atom. The Kier molecular flexibility index (Phi) is 3.02. The van der Waals surface area contributed by atoms with Crippen molar-refractivity contribution in [2.45, 2.75) is 26.2 Å². The third-order valence-electron chi connectivity index (χ3n) is 1.94. The molecule has 66 valence electrons. The lowest BCUT2D eigenvalue weighted by Gasteiger charge is -2.06. The summed E-state index contributed by atoms with van der Waals surface area (Å²) in [6.45, 7) is 4.24. The van der Waals surface area contributed by atoms with Gasteiger partial charge in [-0.05, 0) is 6.42 Å². The molecule has 0 aliphatic heterocycles. The van der Waals surface area contributed by atoms with E-state index in [1.165, 1.54) is 0 Å². The third kappa shape index (κ3) is 1.94. The Balaban J connectivity index is 2.77. The van der Waals surface area contributed by atoms with Crippen molar-refractivity contribution in [3.8, 4) is 5.75 Å². The maximum absolute atomic E-state index is 4.96. The van der Waals surface area contributed by atoms with Gasteiger partial charge in [0.05, 0.1) is 19.5 Å². The summed E-state index contributed by atoms with van der Waals surface area (Å²) in [5.41, 5.74) is 0. The second-order valence-electron chi connectivity index (χ2n) is 2.79. The lowest BCUT2D eigenvalue weighted by Crippen LogP contribution is -1.99. The highest BCUT2D eigenvalue weighted by atomic mass is 16.5. The molecule has 3 heteroatoms. The molecular weight excluding hydrogens is 152 g/mol. The summed E-state index contributed by atoms with van der Waals surface area (Å²) in [6.07, 6.45) is 4.47. The van der Waals surface area contributed by atoms with E-state index < -0.39 is 0 Å². The standard InChI is InChI=1S/C9H14N2O/c1-4-7(2)9-10-5-8(12-3)6-11-9/h5-7H,4H2,1-3H3/t7-/m1/s1. The zero-order valence-electron chi connectivity index (χ0n) is 7.74. The van der Waals surface area contributed by atoms with Gasteiger partial charge in [0.25, 0.3) is 0 Å². The predicted octanol–water partition coefficient (Wildman–Crippen LogP) is 2.00. The number of nitrogens with zero attached hydrogens (tertiary/aromatic N) is 2. The lowest BCUT2D eigenvalue weighted by atomic mass is 10.1. The molecule has 1 aromatic heterocycles. The quantitative estimate of drug-likeness (QED) is 0.688. The fourth-order valence-corrected chi connectivity index (χ4v) is 0.869. The third-order valence-corrected chi connectivity index (χ3v) is 1.94. The van der Waals surface area contributed by atoms with Crippen LogP contribution >= 0.6 is 0 Å². The van der Waals surface area contributed by atoms with Gasteiger partial charge in [0.15, 0.2) is 5.75 Å². The number of methoxy groups -OCH3 is 1. The molecule has 12 heavy (non-hydrogen) atoms. The first kappa shape index (κ1) is 8.97. The second-order valence-corrected chi connectivity index (χ2v) is 2.79. The zero-order valence-corrected chi connectivity index (χ0v) is 7.74. The summed E-state index contributed by atoms with van der Waals surface area (Å²) >= 11 is 0. The molecule has 0 N–H and O–H groups in total. The molecule has 0 bridgehead atoms. The van der Waals surface area contributed by atoms with E-state index >= 15 is 0 Å². The van der Waals surface area contributed by atoms with Crippen molar-refractivity contribution in [1.29, 1.82) is 0 Å². The molecule has 3 nitrogen and oxygen atoms in total. The van der Waals surface area contributed by atoms with Gasteiger partial charge in [-0.3, -0.25) is 0 Å². The Hall–Kier alpha value is -1.12. The highest BCUT2D eigenvalue weighted by Gasteiger charge is 2.05. The van der Waals surface area contributed by atoms with Crippen LogP contribution in [0.5, 0.6) is 5.75 Å². The molecule has 0 radical (unpaired) electrons. The summed E-state index contributed by atoms with van der Waals surface area (Å²) in [5.74, 6) is 2.02. The SMILES string of the molecule is CC[C@@H](C)c1ncc(OC)cn1. The van der Waals surface area contributed by atoms with Gasteiger partial charge in [0.1, 0.15) is 5.82 Å². The van der Waals surface area contributed by atoms with Crippen molar-refractivity contribution in [1.82, 2.24) is 9.97 Å². The molecule has 1 aromatic rings. The minimum atomic E-state index is 0.427. The van der Waals surface area contributed by atoms with Crippen LogP contribution in [0.1, 0.15) is 32.0 Å². The van der Waals surface area contributed by atoms with E-state index in [0.29, 0.717) is 11.7 Å². The molecule has 0 amide bonds. The molecule has 0 aromatic carbocycles. The largest absolute Gasteiger partial charge is 0.494 e. The van der Waals surface area contributed by atoms with Crippen LogP contribution < -0.4 is 4.74 Å². The van der Waals surface area contributed by atoms with Crippen molar-refractivity contribution in [3.63, 3.8) is 0 Å². The first-order chi connectivity index (χ1) is 5.77. The number of ether oxygens (including phenoxy) is 1. The first-order valence-electron chi connectivity index (χ1n) is 4.13. The van der Waals surface area contributed by atoms with E-state index in [4.69, 9.17) is 4.74 Å². The number of rotatable bonds is 3. The normalized spacial score (nSPS) is 12.6. The van der Waals surface area contributed by atoms with Crippen LogP contribution in [0.25, 0.3) is 0 Å². The van der Waals surface area contributed by atoms with Crippen LogP contribution in [-0.4, -0.2) is 17.1 Å². The lowest BCUT2D eigenvalue weighted by molar-refractivity contribution is 0.409. The predicted molar refractivity (Wildman–Crippen MR) is 47.3 cm³/mol. The van der Waals surface area contributed by atoms with Crippen molar-refractivity contribution >= 4 is 0 Å². The molecule has 0 aliphatic carbocycles. The van der Waals surface area contributed by atoms with Gasteiger partial charge in [-0.25, -0.2) is 9.97 Å². The highest BCUT2D eigenvalue weighted by Crippen LogP contribution is 2.14. The van der Waals surface area contributed by atoms with Crippen molar-refractivity contribution in [2.75, 3.05) is 7.11 Å². The van der Waals surface area contributed by atoms with E-state index in [1.807, 2.05) is 0 Å². The molecular formula is C9H14N2O. The Morgan fingerprint density at radius 1 is 1.42 bits per heavy atom. The fourth-order valence-electron chi connectivity index (χ4n) is 0.869. The average molecular weight is 166 g/mol. The molecule has 1 atom stereocenters. The maximum atomic E-state index is 4.96. The van der Waals surface area contributed by atoms with Gasteiger partial charge in [0.2, 0.25) is 0 Å². The van der Waals surface area contributed by atoms with Crippen LogP contribution in [0.2, 0.25) is 0 Å². The summed E-state index contributed by atoms with van der Waals surface area (Å²) in [7, 11) is 1.61. The maximum Gasteiger partial charge on any atom is 0.155 e. The van der Waals surface area contributed by atoms with Crippen LogP contribution in [0, 0.1) is 0 Å².